The van der Waals surface area contributed by atoms with Gasteiger partial charge in [0.1, 0.15) is 6.54 Å². The van der Waals surface area contributed by atoms with Gasteiger partial charge in [0.05, 0.1) is 0 Å². The molecule has 1 aliphatic heterocycles. The molecule has 2 aromatic heterocycles. The molecule has 0 amide bonds. The molecule has 0 spiro atoms. The molecular weight excluding hydrogens is 374 g/mol. The van der Waals surface area contributed by atoms with Gasteiger partial charge < -0.3 is 14.6 Å². The van der Waals surface area contributed by atoms with Crippen LogP contribution in [0.2, 0.25) is 0 Å². The second-order valence-electron chi connectivity index (χ2n) is 7.81. The largest absolute Gasteiger partial charge is 0.480 e. The molecule has 29 heavy (non-hydrogen) atoms. The third-order valence-corrected chi connectivity index (χ3v) is 5.54. The van der Waals surface area contributed by atoms with Crippen molar-refractivity contribution in [3.05, 3.63) is 50.2 Å². The minimum atomic E-state index is -1.24. The van der Waals surface area contributed by atoms with Crippen molar-refractivity contribution in [3.63, 3.8) is 0 Å². The van der Waals surface area contributed by atoms with Gasteiger partial charge in [-0.3, -0.25) is 14.2 Å². The Hall–Kier alpha value is -3.36. The van der Waals surface area contributed by atoms with E-state index in [4.69, 9.17) is 5.11 Å². The molecule has 0 aliphatic carbocycles. The van der Waals surface area contributed by atoms with Gasteiger partial charge in [-0.25, -0.2) is 9.36 Å². The van der Waals surface area contributed by atoms with Crippen LogP contribution in [0.25, 0.3) is 11.2 Å². The Morgan fingerprint density at radius 3 is 2.59 bits per heavy atom. The maximum atomic E-state index is 13.0. The van der Waals surface area contributed by atoms with Gasteiger partial charge in [0.2, 0.25) is 5.95 Å². The molecule has 3 heterocycles. The summed E-state index contributed by atoms with van der Waals surface area (Å²) >= 11 is 0. The Balaban J connectivity index is 2.00. The molecule has 0 saturated heterocycles. The van der Waals surface area contributed by atoms with Gasteiger partial charge in [-0.15, -0.1) is 0 Å². The molecule has 1 N–H and O–H groups in total. The number of carboxylic acids is 1. The molecule has 1 aromatic carbocycles. The lowest BCUT2D eigenvalue weighted by Crippen LogP contribution is -2.41. The van der Waals surface area contributed by atoms with Crippen molar-refractivity contribution in [3.8, 4) is 0 Å². The van der Waals surface area contributed by atoms with Crippen molar-refractivity contribution >= 4 is 28.8 Å². The third-order valence-electron chi connectivity index (χ3n) is 5.54. The van der Waals surface area contributed by atoms with E-state index in [0.29, 0.717) is 12.5 Å². The third kappa shape index (κ3) is 2.93. The lowest BCUT2D eigenvalue weighted by molar-refractivity contribution is -0.137. The number of imidazole rings is 1. The molecule has 0 fully saturated rings. The van der Waals surface area contributed by atoms with Crippen molar-refractivity contribution in [1.29, 1.82) is 0 Å². The number of anilines is 2. The lowest BCUT2D eigenvalue weighted by Gasteiger charge is -2.33. The van der Waals surface area contributed by atoms with Crippen molar-refractivity contribution in [2.45, 2.75) is 33.9 Å². The average Bonchev–Trinajstić information content (AvgIpc) is 3.04. The smallest absolute Gasteiger partial charge is 0.333 e. The predicted octanol–water partition coefficient (Wildman–Crippen LogP) is 1.39. The molecule has 0 unspecified atom stereocenters. The van der Waals surface area contributed by atoms with Gasteiger partial charge in [0.25, 0.3) is 5.56 Å². The minimum absolute atomic E-state index is 0.228. The van der Waals surface area contributed by atoms with E-state index in [1.165, 1.54) is 17.2 Å². The van der Waals surface area contributed by atoms with E-state index in [1.54, 1.807) is 4.57 Å². The first kappa shape index (κ1) is 19.0. The molecule has 9 heteroatoms. The van der Waals surface area contributed by atoms with Crippen molar-refractivity contribution in [2.24, 2.45) is 13.0 Å². The highest BCUT2D eigenvalue weighted by molar-refractivity contribution is 5.77. The SMILES string of the molecule is Cc1ccc(N2C[C@H](C)Cn3c2nc2c3c(=O)n(CC(=O)O)c(=O)n2C)cc1C. The summed E-state index contributed by atoms with van der Waals surface area (Å²) in [6.07, 6.45) is 0. The van der Waals surface area contributed by atoms with Gasteiger partial charge >= 0.3 is 11.7 Å². The molecule has 0 radical (unpaired) electrons. The average molecular weight is 397 g/mol. The summed E-state index contributed by atoms with van der Waals surface area (Å²) in [6, 6.07) is 6.15. The number of aliphatic carboxylic acids is 1. The number of benzene rings is 1. The fourth-order valence-electron chi connectivity index (χ4n) is 3.89. The van der Waals surface area contributed by atoms with Crippen LogP contribution in [0.5, 0.6) is 0 Å². The fraction of sp³-hybridized carbons (Fsp3) is 0.400. The van der Waals surface area contributed by atoms with Crippen LogP contribution in [0.4, 0.5) is 11.6 Å². The summed E-state index contributed by atoms with van der Waals surface area (Å²) in [5.74, 6) is -0.431. The molecule has 3 aromatic rings. The zero-order valence-electron chi connectivity index (χ0n) is 16.8. The summed E-state index contributed by atoms with van der Waals surface area (Å²) in [7, 11) is 1.51. The first-order chi connectivity index (χ1) is 13.7. The fourth-order valence-corrected chi connectivity index (χ4v) is 3.89. The zero-order chi connectivity index (χ0) is 21.0. The van der Waals surface area contributed by atoms with Crippen molar-refractivity contribution < 1.29 is 9.90 Å². The number of fused-ring (bicyclic) bond motifs is 3. The number of aryl methyl sites for hydroxylation is 3. The Morgan fingerprint density at radius 2 is 1.93 bits per heavy atom. The number of hydrogen-bond acceptors (Lipinski definition) is 5. The van der Waals surface area contributed by atoms with Gasteiger partial charge in [-0.1, -0.05) is 13.0 Å². The van der Waals surface area contributed by atoms with E-state index >= 15 is 0 Å². The maximum absolute atomic E-state index is 13.0. The highest BCUT2D eigenvalue weighted by Gasteiger charge is 2.30. The van der Waals surface area contributed by atoms with Crippen LogP contribution in [0.3, 0.4) is 0 Å². The minimum Gasteiger partial charge on any atom is -0.480 e. The highest BCUT2D eigenvalue weighted by atomic mass is 16.4. The van der Waals surface area contributed by atoms with Gasteiger partial charge in [-0.2, -0.15) is 4.98 Å². The second kappa shape index (κ2) is 6.61. The second-order valence-corrected chi connectivity index (χ2v) is 7.81. The number of nitrogens with zero attached hydrogens (tertiary/aromatic N) is 5. The summed E-state index contributed by atoms with van der Waals surface area (Å²) in [6.45, 7) is 6.78. The molecule has 9 nitrogen and oxygen atoms in total. The molecule has 1 atom stereocenters. The highest BCUT2D eigenvalue weighted by Crippen LogP contribution is 2.33. The molecular formula is C20H23N5O4. The Labute approximate surface area is 166 Å². The predicted molar refractivity (Wildman–Crippen MR) is 109 cm³/mol. The van der Waals surface area contributed by atoms with Crippen LogP contribution >= 0.6 is 0 Å². The van der Waals surface area contributed by atoms with E-state index in [1.807, 2.05) is 30.9 Å². The van der Waals surface area contributed by atoms with Crippen LogP contribution in [-0.2, 0) is 24.9 Å². The van der Waals surface area contributed by atoms with Gasteiger partial charge in [0.15, 0.2) is 11.2 Å². The van der Waals surface area contributed by atoms with Crippen LogP contribution < -0.4 is 16.1 Å². The quantitative estimate of drug-likeness (QED) is 0.716. The molecule has 0 saturated carbocycles. The number of carbonyl (C=O) groups is 1. The van der Waals surface area contributed by atoms with Gasteiger partial charge in [-0.05, 0) is 43.0 Å². The number of carboxylic acid groups (broad SMARTS) is 1. The molecule has 1 aliphatic rings. The monoisotopic (exact) mass is 397 g/mol. The van der Waals surface area contributed by atoms with Crippen LogP contribution in [-0.4, -0.2) is 36.3 Å². The summed E-state index contributed by atoms with van der Waals surface area (Å²) in [5, 5.41) is 9.11. The topological polar surface area (TPSA) is 102 Å². The normalized spacial score (nSPS) is 16.3. The van der Waals surface area contributed by atoms with E-state index < -0.39 is 23.8 Å². The van der Waals surface area contributed by atoms with Gasteiger partial charge in [0, 0.05) is 25.8 Å². The van der Waals surface area contributed by atoms with Crippen molar-refractivity contribution in [2.75, 3.05) is 11.4 Å². The number of hydrogen-bond donors (Lipinski definition) is 1. The van der Waals surface area contributed by atoms with Crippen LogP contribution in [0.1, 0.15) is 18.1 Å². The Morgan fingerprint density at radius 1 is 1.21 bits per heavy atom. The van der Waals surface area contributed by atoms with Crippen LogP contribution in [0, 0.1) is 19.8 Å². The van der Waals surface area contributed by atoms with E-state index in [-0.39, 0.29) is 17.1 Å². The standard InChI is InChI=1S/C20H23N5O4/c1-11-8-23(14-6-5-12(2)13(3)7-14)19-21-17-16(24(19)9-11)18(28)25(10-15(26)27)20(29)22(17)4/h5-7,11H,8-10H2,1-4H3,(H,26,27)/t11-/m0/s1. The van der Waals surface area contributed by atoms with E-state index in [2.05, 4.69) is 18.0 Å². The molecule has 4 rings (SSSR count). The number of aromatic nitrogens is 4. The lowest BCUT2D eigenvalue weighted by atomic mass is 10.1. The van der Waals surface area contributed by atoms with Crippen LogP contribution in [0.15, 0.2) is 27.8 Å². The molecule has 152 valence electrons. The number of rotatable bonds is 3. The zero-order valence-corrected chi connectivity index (χ0v) is 16.8. The summed E-state index contributed by atoms with van der Waals surface area (Å²) < 4.78 is 3.80. The Kier molecular flexibility index (Phi) is 4.33. The Bertz CT molecular complexity index is 1270. The molecule has 0 bridgehead atoms. The van der Waals surface area contributed by atoms with E-state index in [0.717, 1.165) is 22.4 Å². The first-order valence-corrected chi connectivity index (χ1v) is 9.45. The summed E-state index contributed by atoms with van der Waals surface area (Å²) in [5.41, 5.74) is 2.51. The summed E-state index contributed by atoms with van der Waals surface area (Å²) in [4.78, 5) is 43.4. The van der Waals surface area contributed by atoms with E-state index in [9.17, 15) is 14.4 Å². The first-order valence-electron chi connectivity index (χ1n) is 9.45. The van der Waals surface area contributed by atoms with Crippen molar-refractivity contribution in [1.82, 2.24) is 18.7 Å². The maximum Gasteiger partial charge on any atom is 0.333 e.